The average Bonchev–Trinajstić information content (AvgIpc) is 0.814. The van der Waals surface area contributed by atoms with E-state index in [1.165, 1.54) is 188 Å². The predicted octanol–water partition coefficient (Wildman–Crippen LogP) is 34.4. The van der Waals surface area contributed by atoms with Gasteiger partial charge in [0.2, 0.25) is 0 Å². The summed E-state index contributed by atoms with van der Waals surface area (Å²) in [7, 11) is 0. The molecule has 0 fully saturated rings. The van der Waals surface area contributed by atoms with Gasteiger partial charge in [-0.3, -0.25) is 0 Å². The van der Waals surface area contributed by atoms with Crippen molar-refractivity contribution >= 4 is 101 Å². The van der Waals surface area contributed by atoms with Crippen LogP contribution in [0.5, 0.6) is 0 Å². The molecule has 4 nitrogen and oxygen atoms in total. The van der Waals surface area contributed by atoms with Gasteiger partial charge in [-0.1, -0.05) is 362 Å². The van der Waals surface area contributed by atoms with Crippen molar-refractivity contribution in [1.29, 1.82) is 0 Å². The highest BCUT2D eigenvalue weighted by Gasteiger charge is 2.47. The number of aromatic nitrogens is 2. The van der Waals surface area contributed by atoms with Gasteiger partial charge in [0.15, 0.2) is 0 Å². The molecule has 15 aromatic rings. The Bertz CT molecular complexity index is 6340. The van der Waals surface area contributed by atoms with Gasteiger partial charge in [-0.15, -0.1) is 0 Å². The third-order valence-corrected chi connectivity index (χ3v) is 27.6. The molecule has 0 spiro atoms. The van der Waals surface area contributed by atoms with Crippen molar-refractivity contribution in [3.63, 3.8) is 0 Å². The minimum Gasteiger partial charge on any atom is -0.310 e. The Morgan fingerprint density at radius 2 is 0.455 bits per heavy atom. The monoisotopic (exact) mass is 1740 g/mol. The molecule has 13 aromatic carbocycles. The summed E-state index contributed by atoms with van der Waals surface area (Å²) in [6.45, 7) is 78.6. The average molecular weight is 1740 g/mol. The van der Waals surface area contributed by atoms with Gasteiger partial charge in [0.1, 0.15) is 0 Å². The van der Waals surface area contributed by atoms with Crippen LogP contribution in [-0.2, 0) is 64.6 Å². The Morgan fingerprint density at radius 1 is 0.212 bits per heavy atom. The maximum absolute atomic E-state index is 2.86. The van der Waals surface area contributed by atoms with Crippen molar-refractivity contribution in [2.45, 2.75) is 293 Å². The van der Waals surface area contributed by atoms with Crippen LogP contribution in [0.1, 0.15) is 290 Å². The zero-order chi connectivity index (χ0) is 95.1. The molecule has 17 rings (SSSR count). The van der Waals surface area contributed by atoms with Gasteiger partial charge in [-0.05, 0) is 301 Å². The summed E-state index contributed by atoms with van der Waals surface area (Å²) in [5, 5.41) is 5.09. The zero-order valence-electron chi connectivity index (χ0n) is 86.5. The van der Waals surface area contributed by atoms with E-state index in [2.05, 4.69) is 490 Å². The third-order valence-electron chi connectivity index (χ3n) is 27.6. The fourth-order valence-electron chi connectivity index (χ4n) is 21.3. The molecule has 0 radical (unpaired) electrons. The van der Waals surface area contributed by atoms with Crippen molar-refractivity contribution in [3.05, 3.63) is 304 Å². The van der Waals surface area contributed by atoms with Crippen LogP contribution >= 0.6 is 0 Å². The minimum atomic E-state index is -0.292. The fourth-order valence-corrected chi connectivity index (χ4v) is 21.3. The van der Waals surface area contributed by atoms with E-state index in [9.17, 15) is 0 Å². The van der Waals surface area contributed by atoms with E-state index in [1.807, 2.05) is 0 Å². The van der Waals surface area contributed by atoms with Crippen LogP contribution in [0.4, 0.5) is 34.1 Å². The molecule has 2 aliphatic heterocycles. The molecule has 0 amide bonds. The van der Waals surface area contributed by atoms with Crippen molar-refractivity contribution in [1.82, 2.24) is 9.13 Å². The topological polar surface area (TPSA) is 16.3 Å². The highest BCUT2D eigenvalue weighted by molar-refractivity contribution is 7.00. The second kappa shape index (κ2) is 32.5. The Balaban J connectivity index is 1.11. The predicted molar refractivity (Wildman–Crippen MR) is 579 cm³/mol. The van der Waals surface area contributed by atoms with Gasteiger partial charge >= 0.3 is 0 Å². The number of hydrogen-bond acceptors (Lipinski definition) is 2. The van der Waals surface area contributed by atoms with E-state index >= 15 is 0 Å². The van der Waals surface area contributed by atoms with Gasteiger partial charge in [0.25, 0.3) is 6.71 Å². The number of hydrogen-bond donors (Lipinski definition) is 0. The molecule has 0 bridgehead atoms. The Morgan fingerprint density at radius 3 is 0.689 bits per heavy atom. The molecular weight excluding hydrogens is 1590 g/mol. The molecule has 0 aliphatic carbocycles. The summed E-state index contributed by atoms with van der Waals surface area (Å²) in [6, 6.07) is 99.6. The van der Waals surface area contributed by atoms with Crippen LogP contribution in [0.15, 0.2) is 243 Å². The molecule has 2 aliphatic rings. The maximum Gasteiger partial charge on any atom is 0.252 e. The molecule has 680 valence electrons. The normalized spacial score (nSPS) is 13.9. The smallest absolute Gasteiger partial charge is 0.252 e. The number of anilines is 6. The summed E-state index contributed by atoms with van der Waals surface area (Å²) in [5.74, 6) is 0. The van der Waals surface area contributed by atoms with Crippen molar-refractivity contribution < 1.29 is 0 Å². The molecule has 132 heavy (non-hydrogen) atoms. The van der Waals surface area contributed by atoms with Crippen LogP contribution in [0.25, 0.3) is 99.5 Å². The van der Waals surface area contributed by atoms with E-state index in [-0.39, 0.29) is 66.3 Å². The summed E-state index contributed by atoms with van der Waals surface area (Å²) in [4.78, 5) is 5.72. The lowest BCUT2D eigenvalue weighted by Crippen LogP contribution is -2.61. The summed E-state index contributed by atoms with van der Waals surface area (Å²) in [5.41, 5.74) is 41.2. The maximum atomic E-state index is 2.86. The number of benzene rings is 13. The highest BCUT2D eigenvalue weighted by Crippen LogP contribution is 2.57. The van der Waals surface area contributed by atoms with Crippen molar-refractivity contribution in [3.8, 4) is 55.9 Å². The van der Waals surface area contributed by atoms with Crippen LogP contribution < -0.4 is 26.2 Å². The van der Waals surface area contributed by atoms with E-state index < -0.39 is 0 Å². The van der Waals surface area contributed by atoms with Crippen LogP contribution in [-0.4, -0.2) is 15.8 Å². The molecule has 0 atom stereocenters. The minimum absolute atomic E-state index is 0.0303. The lowest BCUT2D eigenvalue weighted by atomic mass is 9.33. The Hall–Kier alpha value is -10.9. The number of nitrogens with zero attached hydrogens (tertiary/aromatic N) is 4. The Labute approximate surface area is 794 Å². The first-order valence-corrected chi connectivity index (χ1v) is 49.3. The summed E-state index contributed by atoms with van der Waals surface area (Å²) < 4.78 is 5.24. The quantitative estimate of drug-likeness (QED) is 0.107. The second-order valence-corrected chi connectivity index (χ2v) is 52.1. The first-order valence-electron chi connectivity index (χ1n) is 49.3. The van der Waals surface area contributed by atoms with Crippen LogP contribution in [0, 0.1) is 27.1 Å². The van der Waals surface area contributed by atoms with Crippen molar-refractivity contribution in [2.24, 2.45) is 27.1 Å². The fraction of sp³-hybridized carbons (Fsp3) is 0.386. The van der Waals surface area contributed by atoms with Gasteiger partial charge < -0.3 is 18.9 Å². The van der Waals surface area contributed by atoms with Gasteiger partial charge in [0.05, 0.1) is 33.4 Å². The second-order valence-electron chi connectivity index (χ2n) is 52.1. The lowest BCUT2D eigenvalue weighted by molar-refractivity contribution is 0.411. The number of fused-ring (bicyclic) bond motifs is 10. The van der Waals surface area contributed by atoms with E-state index in [1.54, 1.807) is 0 Å². The van der Waals surface area contributed by atoms with Gasteiger partial charge in [-0.25, -0.2) is 0 Å². The van der Waals surface area contributed by atoms with E-state index in [4.69, 9.17) is 0 Å². The summed E-state index contributed by atoms with van der Waals surface area (Å²) >= 11 is 0. The molecule has 0 N–H and O–H groups in total. The third kappa shape index (κ3) is 18.5. The van der Waals surface area contributed by atoms with E-state index in [0.717, 1.165) is 54.9 Å². The SMILES string of the molecule is CC(C)(C)Cc1cccc(-c2cc(C(C)(C)C)cc(-c3cccc(CC(C)(C)C)c3)c2N2c3cc(-n4c5ccc(C(C)(C)C)cc5c5cc(C(C)(C)C)ccc54)ccc3B3c4ccc(-n5c6ccc(C(C)(C)C)cc6c6cc(C(C)(C)C)ccc65)cc4N(c4c(-c5cccc(CC(C)(C)C)c5)cc(C(C)(C)C)cc4-c4cccc(CC(C)(C)C)c4)c4cc(CC(C)(C)C)cc2c43)c1. The number of rotatable bonds is 13. The Kier molecular flexibility index (Phi) is 22.9. The molecule has 0 unspecified atom stereocenters. The summed E-state index contributed by atoms with van der Waals surface area (Å²) in [6.07, 6.45) is 4.52. The van der Waals surface area contributed by atoms with Crippen LogP contribution in [0.3, 0.4) is 0 Å². The highest BCUT2D eigenvalue weighted by atomic mass is 15.2. The largest absolute Gasteiger partial charge is 0.310 e. The van der Waals surface area contributed by atoms with Crippen molar-refractivity contribution in [2.75, 3.05) is 9.80 Å². The van der Waals surface area contributed by atoms with Gasteiger partial charge in [-0.2, -0.15) is 0 Å². The molecular formula is C127H149BN4. The van der Waals surface area contributed by atoms with Gasteiger partial charge in [0, 0.05) is 77.9 Å². The molecule has 4 heterocycles. The molecule has 5 heteroatoms. The standard InChI is InChI=1S/C127H149BN4/c1-117(2,3)74-79-38-34-42-84(58-79)96-68-92(126(28,29)30)69-97(85-43-35-39-80(59-85)75-118(4,5)6)115(96)131-110-72-94(129-106-54-46-88(122(16,17)18)64-100(106)101-65-89(123(19,20)21)47-55-107(101)129)50-52-104(110)128-105-53-51-95(130-108-56-48-90(124(22,23)24)66-102(108)103-67-91(125(25,26)27)49-57-109(103)130)73-111(105)132(113-63-83(78-121(13,14)15)62-112(131)114(113)128)116-98(86-44-36-40-81(60-86)76-119(7,8)9)70-93(127(31,32)33)71-99(116)87-45-37-41-82(61-87)77-120(10,11)12/h34-73H,74-78H2,1-33H3. The first-order chi connectivity index (χ1) is 61.3. The molecule has 0 saturated carbocycles. The van der Waals surface area contributed by atoms with Crippen LogP contribution in [0.2, 0.25) is 0 Å². The lowest BCUT2D eigenvalue weighted by Gasteiger charge is -2.46. The first kappa shape index (κ1) is 93.0. The molecule has 0 saturated heterocycles. The van der Waals surface area contributed by atoms with E-state index in [0.29, 0.717) is 0 Å². The zero-order valence-corrected chi connectivity index (χ0v) is 86.5. The molecule has 2 aromatic heterocycles.